The summed E-state index contributed by atoms with van der Waals surface area (Å²) in [5.41, 5.74) is 14.7. The third kappa shape index (κ3) is 6.78. The van der Waals surface area contributed by atoms with Gasteiger partial charge in [0.2, 0.25) is 5.91 Å². The topological polar surface area (TPSA) is 103 Å². The second kappa shape index (κ2) is 10.4. The van der Waals surface area contributed by atoms with Crippen molar-refractivity contribution in [2.24, 2.45) is 16.5 Å². The lowest BCUT2D eigenvalue weighted by atomic mass is 9.94. The smallest absolute Gasteiger partial charge is 0.232 e. The normalized spacial score (nSPS) is 17.8. The van der Waals surface area contributed by atoms with Crippen molar-refractivity contribution in [3.05, 3.63) is 65.7 Å². The van der Waals surface area contributed by atoms with Crippen LogP contribution in [0.5, 0.6) is 11.5 Å². The van der Waals surface area contributed by atoms with Gasteiger partial charge < -0.3 is 20.9 Å². The molecule has 1 amide bonds. The molecule has 0 unspecified atom stereocenters. The van der Waals surface area contributed by atoms with E-state index in [2.05, 4.69) is 43.6 Å². The van der Waals surface area contributed by atoms with E-state index in [9.17, 15) is 4.79 Å². The summed E-state index contributed by atoms with van der Waals surface area (Å²) < 4.78 is 11.5. The fourth-order valence-electron chi connectivity index (χ4n) is 4.14. The summed E-state index contributed by atoms with van der Waals surface area (Å²) in [5, 5.41) is 0. The molecule has 0 radical (unpaired) electrons. The van der Waals surface area contributed by atoms with Crippen molar-refractivity contribution >= 4 is 17.6 Å². The van der Waals surface area contributed by atoms with Crippen LogP contribution in [0.3, 0.4) is 0 Å². The van der Waals surface area contributed by atoms with E-state index < -0.39 is 5.54 Å². The number of ether oxygens (including phenoxy) is 2. The average Bonchev–Trinajstić information content (AvgIpc) is 2.76. The number of hydrogen-bond donors (Lipinski definition) is 2. The number of hydrogen-bond acceptors (Lipinski definition) is 6. The van der Waals surface area contributed by atoms with Gasteiger partial charge in [0, 0.05) is 11.3 Å². The Kier molecular flexibility index (Phi) is 7.78. The van der Waals surface area contributed by atoms with Crippen LogP contribution in [0, 0.1) is 0 Å². The molecule has 2 aliphatic rings. The Morgan fingerprint density at radius 1 is 1.20 bits per heavy atom. The molecule has 4 rings (SSSR count). The van der Waals surface area contributed by atoms with Crippen molar-refractivity contribution in [1.82, 2.24) is 4.90 Å². The van der Waals surface area contributed by atoms with Gasteiger partial charge in [-0.2, -0.15) is 0 Å². The molecule has 188 valence electrons. The van der Waals surface area contributed by atoms with Gasteiger partial charge in [0.25, 0.3) is 0 Å². The van der Waals surface area contributed by atoms with Gasteiger partial charge in [-0.1, -0.05) is 24.8 Å². The number of carbonyl (C=O) groups excluding carboxylic acids is 1. The molecule has 0 saturated carbocycles. The number of nitrogens with two attached hydrogens (primary N) is 2. The summed E-state index contributed by atoms with van der Waals surface area (Å²) in [6, 6.07) is 13.8. The second-order valence-electron chi connectivity index (χ2n) is 10.2. The second-order valence-corrected chi connectivity index (χ2v) is 10.2. The largest absolute Gasteiger partial charge is 0.494 e. The van der Waals surface area contributed by atoms with Crippen molar-refractivity contribution in [3.63, 3.8) is 0 Å². The number of rotatable bonds is 5. The average molecular weight is 479 g/mol. The maximum absolute atomic E-state index is 12.4. The predicted molar refractivity (Wildman–Crippen MR) is 141 cm³/mol. The number of carbonyl (C=O) groups is 1. The van der Waals surface area contributed by atoms with Crippen LogP contribution in [-0.4, -0.2) is 34.5 Å². The monoisotopic (exact) mass is 478 g/mol. The fraction of sp³-hybridized carbons (Fsp3) is 0.429. The van der Waals surface area contributed by atoms with Gasteiger partial charge in [0.15, 0.2) is 5.96 Å². The molecule has 0 atom stereocenters. The summed E-state index contributed by atoms with van der Waals surface area (Å²) in [5.74, 6) is 1.93. The summed E-state index contributed by atoms with van der Waals surface area (Å²) in [4.78, 5) is 18.3. The molecule has 0 spiro atoms. The van der Waals surface area contributed by atoms with Crippen molar-refractivity contribution in [2.45, 2.75) is 71.6 Å². The van der Waals surface area contributed by atoms with Gasteiger partial charge in [0.05, 0.1) is 25.1 Å². The molecular formula is C28H38N4O3. The van der Waals surface area contributed by atoms with Crippen LogP contribution in [0.4, 0.5) is 0 Å². The number of nitrogens with zero attached hydrogens (tertiary/aromatic N) is 2. The SMILES string of the molecule is C=C(N)c1ccc(OCC)c(CN2C(=O)CC(C)(C)N=C2N)c1.CC1(C)CCc2ccccc2O1. The molecule has 2 aliphatic heterocycles. The Bertz CT molecular complexity index is 1120. The number of aliphatic imine (C=N–C) groups is 1. The van der Waals surface area contributed by atoms with E-state index in [1.807, 2.05) is 45.0 Å². The minimum atomic E-state index is -0.464. The molecule has 0 aromatic heterocycles. The van der Waals surface area contributed by atoms with Crippen LogP contribution in [0.15, 0.2) is 54.0 Å². The van der Waals surface area contributed by atoms with Crippen LogP contribution in [-0.2, 0) is 17.8 Å². The lowest BCUT2D eigenvalue weighted by molar-refractivity contribution is -0.129. The van der Waals surface area contributed by atoms with Gasteiger partial charge >= 0.3 is 0 Å². The molecule has 2 aromatic carbocycles. The van der Waals surface area contributed by atoms with Crippen LogP contribution in [0.2, 0.25) is 0 Å². The number of benzene rings is 2. The minimum Gasteiger partial charge on any atom is -0.494 e. The number of para-hydroxylation sites is 1. The summed E-state index contributed by atoms with van der Waals surface area (Å²) in [6.07, 6.45) is 2.58. The first-order valence-electron chi connectivity index (χ1n) is 12.0. The van der Waals surface area contributed by atoms with Crippen LogP contribution < -0.4 is 20.9 Å². The molecule has 7 nitrogen and oxygen atoms in total. The van der Waals surface area contributed by atoms with Crippen molar-refractivity contribution in [3.8, 4) is 11.5 Å². The highest BCUT2D eigenvalue weighted by molar-refractivity contribution is 5.99. The zero-order chi connectivity index (χ0) is 25.8. The lowest BCUT2D eigenvalue weighted by Crippen LogP contribution is -2.49. The van der Waals surface area contributed by atoms with Crippen LogP contribution in [0.25, 0.3) is 5.70 Å². The third-order valence-corrected chi connectivity index (χ3v) is 5.99. The van der Waals surface area contributed by atoms with Gasteiger partial charge in [-0.15, -0.1) is 0 Å². The Balaban J connectivity index is 0.000000237. The molecule has 35 heavy (non-hydrogen) atoms. The zero-order valence-electron chi connectivity index (χ0n) is 21.6. The summed E-state index contributed by atoms with van der Waals surface area (Å²) in [6.45, 7) is 14.5. The zero-order valence-corrected chi connectivity index (χ0v) is 21.6. The van der Waals surface area contributed by atoms with Gasteiger partial charge in [0.1, 0.15) is 17.1 Å². The predicted octanol–water partition coefficient (Wildman–Crippen LogP) is 4.63. The first kappa shape index (κ1) is 26.1. The fourth-order valence-corrected chi connectivity index (χ4v) is 4.14. The first-order chi connectivity index (χ1) is 16.4. The molecule has 0 fully saturated rings. The molecule has 0 saturated heterocycles. The van der Waals surface area contributed by atoms with Gasteiger partial charge in [-0.25, -0.2) is 4.99 Å². The maximum Gasteiger partial charge on any atom is 0.232 e. The Morgan fingerprint density at radius 2 is 1.91 bits per heavy atom. The van der Waals surface area contributed by atoms with E-state index >= 15 is 0 Å². The van der Waals surface area contributed by atoms with Gasteiger partial charge in [-0.05, 0) is 82.9 Å². The number of amides is 1. The molecule has 4 N–H and O–H groups in total. The number of aryl methyl sites for hydroxylation is 1. The standard InChI is InChI=1S/C17H24N4O2.C11H14O/c1-5-23-14-7-6-12(11(2)18)8-13(14)10-21-15(22)9-17(3,4)20-16(21)19;1-11(2)8-7-9-5-3-4-6-10(9)12-11/h6-8H,2,5,9-10,18H2,1,3-4H3,(H2,19,20);3-6H,7-8H2,1-2H3. The molecule has 7 heteroatoms. The quantitative estimate of drug-likeness (QED) is 0.652. The minimum absolute atomic E-state index is 0.0222. The van der Waals surface area contributed by atoms with Crippen LogP contribution >= 0.6 is 0 Å². The van der Waals surface area contributed by atoms with Crippen molar-refractivity contribution in [2.75, 3.05) is 6.61 Å². The molecule has 2 aromatic rings. The highest BCUT2D eigenvalue weighted by atomic mass is 16.5. The van der Waals surface area contributed by atoms with Crippen molar-refractivity contribution < 1.29 is 14.3 Å². The van der Waals surface area contributed by atoms with E-state index in [0.717, 1.165) is 29.7 Å². The number of guanidine groups is 1. The van der Waals surface area contributed by atoms with Crippen LogP contribution in [0.1, 0.15) is 64.2 Å². The highest BCUT2D eigenvalue weighted by Gasteiger charge is 2.33. The van der Waals surface area contributed by atoms with E-state index in [1.165, 1.54) is 10.5 Å². The van der Waals surface area contributed by atoms with Gasteiger partial charge in [-0.3, -0.25) is 9.69 Å². The molecule has 0 bridgehead atoms. The molecule has 0 aliphatic carbocycles. The highest BCUT2D eigenvalue weighted by Crippen LogP contribution is 2.32. The van der Waals surface area contributed by atoms with E-state index in [0.29, 0.717) is 31.0 Å². The third-order valence-electron chi connectivity index (χ3n) is 5.99. The Hall–Kier alpha value is -3.48. The van der Waals surface area contributed by atoms with E-state index in [4.69, 9.17) is 20.9 Å². The Morgan fingerprint density at radius 3 is 2.57 bits per heavy atom. The summed E-state index contributed by atoms with van der Waals surface area (Å²) >= 11 is 0. The maximum atomic E-state index is 12.4. The molecular weight excluding hydrogens is 440 g/mol. The Labute approximate surface area is 208 Å². The van der Waals surface area contributed by atoms with E-state index in [-0.39, 0.29) is 17.5 Å². The van der Waals surface area contributed by atoms with E-state index in [1.54, 1.807) is 0 Å². The van der Waals surface area contributed by atoms with Crippen molar-refractivity contribution in [1.29, 1.82) is 0 Å². The molecule has 2 heterocycles. The lowest BCUT2D eigenvalue weighted by Gasteiger charge is -2.33. The first-order valence-corrected chi connectivity index (χ1v) is 12.0. The summed E-state index contributed by atoms with van der Waals surface area (Å²) in [7, 11) is 0. The number of fused-ring (bicyclic) bond motifs is 1.